The van der Waals surface area contributed by atoms with E-state index < -0.39 is 0 Å². The van der Waals surface area contributed by atoms with Crippen molar-refractivity contribution in [2.45, 2.75) is 26.8 Å². The van der Waals surface area contributed by atoms with Crippen molar-refractivity contribution in [1.29, 1.82) is 0 Å². The van der Waals surface area contributed by atoms with Gasteiger partial charge in [-0.2, -0.15) is 0 Å². The normalized spacial score (nSPS) is 10.7. The summed E-state index contributed by atoms with van der Waals surface area (Å²) in [6.45, 7) is 7.11. The number of benzene rings is 1. The van der Waals surface area contributed by atoms with Crippen molar-refractivity contribution in [1.82, 2.24) is 5.32 Å². The van der Waals surface area contributed by atoms with Gasteiger partial charge < -0.3 is 15.3 Å². The SMILES string of the molecule is CCNCc1c(F)cccc1N(CC)CCCO. The molecule has 18 heavy (non-hydrogen) atoms. The lowest BCUT2D eigenvalue weighted by Gasteiger charge is -2.26. The highest BCUT2D eigenvalue weighted by Crippen LogP contribution is 2.23. The second-order valence-corrected chi connectivity index (χ2v) is 4.17. The van der Waals surface area contributed by atoms with E-state index in [1.54, 1.807) is 6.07 Å². The van der Waals surface area contributed by atoms with Crippen molar-refractivity contribution >= 4 is 5.69 Å². The smallest absolute Gasteiger partial charge is 0.129 e. The molecule has 0 bridgehead atoms. The Morgan fingerprint density at radius 2 is 2.11 bits per heavy atom. The first kappa shape index (κ1) is 14.9. The number of nitrogens with zero attached hydrogens (tertiary/aromatic N) is 1. The molecule has 0 heterocycles. The highest BCUT2D eigenvalue weighted by molar-refractivity contribution is 5.54. The average Bonchev–Trinajstić information content (AvgIpc) is 2.39. The molecule has 1 rings (SSSR count). The van der Waals surface area contributed by atoms with Crippen LogP contribution >= 0.6 is 0 Å². The fourth-order valence-corrected chi connectivity index (χ4v) is 1.98. The predicted molar refractivity (Wildman–Crippen MR) is 73.4 cm³/mol. The van der Waals surface area contributed by atoms with Crippen LogP contribution in [0.4, 0.5) is 10.1 Å². The molecule has 0 atom stereocenters. The van der Waals surface area contributed by atoms with Crippen LogP contribution in [0.2, 0.25) is 0 Å². The van der Waals surface area contributed by atoms with E-state index in [-0.39, 0.29) is 12.4 Å². The molecule has 3 nitrogen and oxygen atoms in total. The van der Waals surface area contributed by atoms with Crippen LogP contribution in [0.5, 0.6) is 0 Å². The lowest BCUT2D eigenvalue weighted by Crippen LogP contribution is -2.27. The average molecular weight is 254 g/mol. The third-order valence-electron chi connectivity index (χ3n) is 2.95. The zero-order valence-electron chi connectivity index (χ0n) is 11.2. The van der Waals surface area contributed by atoms with Gasteiger partial charge in [-0.25, -0.2) is 4.39 Å². The summed E-state index contributed by atoms with van der Waals surface area (Å²) < 4.78 is 13.9. The van der Waals surface area contributed by atoms with Gasteiger partial charge in [0.15, 0.2) is 0 Å². The summed E-state index contributed by atoms with van der Waals surface area (Å²) in [5.41, 5.74) is 1.63. The van der Waals surface area contributed by atoms with Gasteiger partial charge >= 0.3 is 0 Å². The molecule has 0 fully saturated rings. The van der Waals surface area contributed by atoms with Gasteiger partial charge in [-0.1, -0.05) is 13.0 Å². The molecular formula is C14H23FN2O. The maximum atomic E-state index is 13.9. The van der Waals surface area contributed by atoms with E-state index >= 15 is 0 Å². The Bertz CT molecular complexity index is 358. The van der Waals surface area contributed by atoms with Crippen molar-refractivity contribution in [2.24, 2.45) is 0 Å². The molecule has 1 aromatic rings. The van der Waals surface area contributed by atoms with E-state index in [2.05, 4.69) is 10.2 Å². The van der Waals surface area contributed by atoms with Crippen molar-refractivity contribution < 1.29 is 9.50 Å². The molecule has 102 valence electrons. The van der Waals surface area contributed by atoms with E-state index in [1.165, 1.54) is 6.07 Å². The van der Waals surface area contributed by atoms with Crippen LogP contribution in [0.1, 0.15) is 25.8 Å². The highest BCUT2D eigenvalue weighted by atomic mass is 19.1. The third-order valence-corrected chi connectivity index (χ3v) is 2.95. The Kier molecular flexibility index (Phi) is 6.68. The first-order chi connectivity index (χ1) is 8.74. The largest absolute Gasteiger partial charge is 0.396 e. The molecule has 2 N–H and O–H groups in total. The molecule has 0 spiro atoms. The Labute approximate surface area is 109 Å². The standard InChI is InChI=1S/C14H23FN2O/c1-3-16-11-12-13(15)7-5-8-14(12)17(4-2)9-6-10-18/h5,7-8,16,18H,3-4,6,9-11H2,1-2H3. The van der Waals surface area contributed by atoms with E-state index in [1.807, 2.05) is 19.9 Å². The summed E-state index contributed by atoms with van der Waals surface area (Å²) in [6, 6.07) is 5.18. The summed E-state index contributed by atoms with van der Waals surface area (Å²) in [6.07, 6.45) is 0.699. The van der Waals surface area contributed by atoms with E-state index in [0.717, 1.165) is 25.3 Å². The molecule has 0 radical (unpaired) electrons. The van der Waals surface area contributed by atoms with E-state index in [4.69, 9.17) is 5.11 Å². The summed E-state index contributed by atoms with van der Waals surface area (Å²) >= 11 is 0. The number of aliphatic hydroxyl groups is 1. The van der Waals surface area contributed by atoms with Crippen LogP contribution in [0.25, 0.3) is 0 Å². The number of hydrogen-bond donors (Lipinski definition) is 2. The minimum Gasteiger partial charge on any atom is -0.396 e. The van der Waals surface area contributed by atoms with Gasteiger partial charge in [0, 0.05) is 37.5 Å². The second kappa shape index (κ2) is 8.06. The van der Waals surface area contributed by atoms with Crippen LogP contribution in [-0.2, 0) is 6.54 Å². The van der Waals surface area contributed by atoms with Crippen LogP contribution < -0.4 is 10.2 Å². The Morgan fingerprint density at radius 3 is 2.72 bits per heavy atom. The van der Waals surface area contributed by atoms with Crippen LogP contribution in [0.15, 0.2) is 18.2 Å². The van der Waals surface area contributed by atoms with Gasteiger partial charge in [0.2, 0.25) is 0 Å². The van der Waals surface area contributed by atoms with Crippen molar-refractivity contribution in [3.8, 4) is 0 Å². The van der Waals surface area contributed by atoms with Gasteiger partial charge in [-0.15, -0.1) is 0 Å². The maximum Gasteiger partial charge on any atom is 0.129 e. The van der Waals surface area contributed by atoms with Crippen molar-refractivity contribution in [3.63, 3.8) is 0 Å². The number of halogens is 1. The highest BCUT2D eigenvalue weighted by Gasteiger charge is 2.12. The molecule has 0 aromatic heterocycles. The number of hydrogen-bond acceptors (Lipinski definition) is 3. The Morgan fingerprint density at radius 1 is 1.33 bits per heavy atom. The lowest BCUT2D eigenvalue weighted by molar-refractivity contribution is 0.289. The molecule has 0 unspecified atom stereocenters. The van der Waals surface area contributed by atoms with Crippen molar-refractivity contribution in [2.75, 3.05) is 31.1 Å². The van der Waals surface area contributed by atoms with Gasteiger partial charge in [0.25, 0.3) is 0 Å². The molecule has 1 aromatic carbocycles. The van der Waals surface area contributed by atoms with Gasteiger partial charge in [0.05, 0.1) is 0 Å². The monoisotopic (exact) mass is 254 g/mol. The molecule has 0 saturated heterocycles. The number of nitrogens with one attached hydrogen (secondary N) is 1. The summed E-state index contributed by atoms with van der Waals surface area (Å²) in [4.78, 5) is 2.10. The number of rotatable bonds is 8. The minimum absolute atomic E-state index is 0.161. The fraction of sp³-hybridized carbons (Fsp3) is 0.571. The first-order valence-electron chi connectivity index (χ1n) is 6.58. The maximum absolute atomic E-state index is 13.9. The summed E-state index contributed by atoms with van der Waals surface area (Å²) in [7, 11) is 0. The zero-order valence-corrected chi connectivity index (χ0v) is 11.2. The quantitative estimate of drug-likeness (QED) is 0.746. The molecule has 4 heteroatoms. The van der Waals surface area contributed by atoms with Gasteiger partial charge in [-0.3, -0.25) is 0 Å². The van der Waals surface area contributed by atoms with Gasteiger partial charge in [-0.05, 0) is 32.0 Å². The summed E-state index contributed by atoms with van der Waals surface area (Å²) in [5.74, 6) is -0.170. The third kappa shape index (κ3) is 3.96. The Balaban J connectivity index is 2.93. The number of anilines is 1. The molecule has 0 aliphatic heterocycles. The number of aliphatic hydroxyl groups excluding tert-OH is 1. The van der Waals surface area contributed by atoms with Gasteiger partial charge in [0.1, 0.15) is 5.82 Å². The summed E-state index contributed by atoms with van der Waals surface area (Å²) in [5, 5.41) is 12.1. The fourth-order valence-electron chi connectivity index (χ4n) is 1.98. The molecule has 0 saturated carbocycles. The van der Waals surface area contributed by atoms with Crippen LogP contribution in [0.3, 0.4) is 0 Å². The Hall–Kier alpha value is -1.13. The zero-order chi connectivity index (χ0) is 13.4. The molecular weight excluding hydrogens is 231 g/mol. The molecule has 0 aliphatic carbocycles. The second-order valence-electron chi connectivity index (χ2n) is 4.17. The minimum atomic E-state index is -0.170. The van der Waals surface area contributed by atoms with E-state index in [0.29, 0.717) is 18.5 Å². The van der Waals surface area contributed by atoms with E-state index in [9.17, 15) is 4.39 Å². The first-order valence-corrected chi connectivity index (χ1v) is 6.58. The van der Waals surface area contributed by atoms with Crippen molar-refractivity contribution in [3.05, 3.63) is 29.6 Å². The molecule has 0 amide bonds. The van der Waals surface area contributed by atoms with Crippen LogP contribution in [0, 0.1) is 5.82 Å². The topological polar surface area (TPSA) is 35.5 Å². The predicted octanol–water partition coefficient (Wildman–Crippen LogP) is 2.14. The molecule has 0 aliphatic rings. The van der Waals surface area contributed by atoms with Crippen LogP contribution in [-0.4, -0.2) is 31.3 Å². The lowest BCUT2D eigenvalue weighted by atomic mass is 10.1.